The maximum atomic E-state index is 11.8. The number of anilines is 1. The third-order valence-electron chi connectivity index (χ3n) is 2.51. The quantitative estimate of drug-likeness (QED) is 0.911. The molecule has 0 saturated heterocycles. The van der Waals surface area contributed by atoms with Crippen LogP contribution in [0.5, 0.6) is 0 Å². The number of carbonyl (C=O) groups excluding carboxylic acids is 1. The lowest BCUT2D eigenvalue weighted by Gasteiger charge is -2.04. The standard InChI is InChI=1S/C12H13N3O3S/c1-15-8-9(7-13-15)12(16)14-10-3-5-11(6-4-10)19(2,17)18/h3-8H,1-2H3,(H,14,16). The van der Waals surface area contributed by atoms with Crippen molar-refractivity contribution in [3.63, 3.8) is 0 Å². The van der Waals surface area contributed by atoms with Gasteiger partial charge in [-0.15, -0.1) is 0 Å². The third kappa shape index (κ3) is 3.19. The molecule has 0 bridgehead atoms. The summed E-state index contributed by atoms with van der Waals surface area (Å²) in [5.74, 6) is -0.291. The van der Waals surface area contributed by atoms with E-state index in [2.05, 4.69) is 10.4 Å². The van der Waals surface area contributed by atoms with E-state index in [0.717, 1.165) is 6.26 Å². The van der Waals surface area contributed by atoms with Gasteiger partial charge in [-0.2, -0.15) is 5.10 Å². The number of hydrogen-bond donors (Lipinski definition) is 1. The highest BCUT2D eigenvalue weighted by molar-refractivity contribution is 7.90. The summed E-state index contributed by atoms with van der Waals surface area (Å²) in [5.41, 5.74) is 0.968. The van der Waals surface area contributed by atoms with Crippen LogP contribution in [-0.4, -0.2) is 30.4 Å². The highest BCUT2D eigenvalue weighted by Gasteiger charge is 2.10. The molecule has 0 fully saturated rings. The van der Waals surface area contributed by atoms with Crippen molar-refractivity contribution in [1.82, 2.24) is 9.78 Å². The molecule has 0 saturated carbocycles. The van der Waals surface area contributed by atoms with Crippen molar-refractivity contribution in [2.75, 3.05) is 11.6 Å². The van der Waals surface area contributed by atoms with Crippen LogP contribution in [0, 0.1) is 0 Å². The average molecular weight is 279 g/mol. The van der Waals surface area contributed by atoms with Gasteiger partial charge >= 0.3 is 0 Å². The SMILES string of the molecule is Cn1cc(C(=O)Nc2ccc(S(C)(=O)=O)cc2)cn1. The molecule has 0 aliphatic heterocycles. The first-order valence-electron chi connectivity index (χ1n) is 5.46. The van der Waals surface area contributed by atoms with Crippen molar-refractivity contribution in [1.29, 1.82) is 0 Å². The molecule has 0 spiro atoms. The maximum Gasteiger partial charge on any atom is 0.258 e. The van der Waals surface area contributed by atoms with Gasteiger partial charge in [-0.05, 0) is 24.3 Å². The van der Waals surface area contributed by atoms with E-state index < -0.39 is 9.84 Å². The number of nitrogens with one attached hydrogen (secondary N) is 1. The number of sulfone groups is 1. The van der Waals surface area contributed by atoms with Crippen LogP contribution in [0.4, 0.5) is 5.69 Å². The fraction of sp³-hybridized carbons (Fsp3) is 0.167. The van der Waals surface area contributed by atoms with Gasteiger partial charge in [0.15, 0.2) is 9.84 Å². The molecule has 1 heterocycles. The first-order valence-corrected chi connectivity index (χ1v) is 7.35. The Hall–Kier alpha value is -2.15. The number of hydrogen-bond acceptors (Lipinski definition) is 4. The highest BCUT2D eigenvalue weighted by Crippen LogP contribution is 2.14. The van der Waals surface area contributed by atoms with Crippen molar-refractivity contribution in [3.05, 3.63) is 42.2 Å². The molecule has 100 valence electrons. The van der Waals surface area contributed by atoms with Crippen LogP contribution in [-0.2, 0) is 16.9 Å². The Morgan fingerprint density at radius 2 is 1.89 bits per heavy atom. The molecule has 1 aromatic carbocycles. The van der Waals surface area contributed by atoms with Gasteiger partial charge in [-0.25, -0.2) is 8.42 Å². The molecule has 1 N–H and O–H groups in total. The molecule has 0 unspecified atom stereocenters. The number of benzene rings is 1. The summed E-state index contributed by atoms with van der Waals surface area (Å²) in [5, 5.41) is 6.57. The van der Waals surface area contributed by atoms with Gasteiger partial charge in [0.1, 0.15) is 0 Å². The van der Waals surface area contributed by atoms with Crippen molar-refractivity contribution in [3.8, 4) is 0 Å². The Morgan fingerprint density at radius 1 is 1.26 bits per heavy atom. The van der Waals surface area contributed by atoms with E-state index in [1.807, 2.05) is 0 Å². The van der Waals surface area contributed by atoms with Gasteiger partial charge in [0.2, 0.25) is 0 Å². The lowest BCUT2D eigenvalue weighted by Crippen LogP contribution is -2.11. The smallest absolute Gasteiger partial charge is 0.258 e. The molecular weight excluding hydrogens is 266 g/mol. The van der Waals surface area contributed by atoms with Crippen molar-refractivity contribution >= 4 is 21.4 Å². The summed E-state index contributed by atoms with van der Waals surface area (Å²) >= 11 is 0. The van der Waals surface area contributed by atoms with Gasteiger partial charge < -0.3 is 5.32 Å². The second-order valence-corrected chi connectivity index (χ2v) is 6.17. The van der Waals surface area contributed by atoms with Gasteiger partial charge in [0, 0.05) is 25.2 Å². The Kier molecular flexibility index (Phi) is 3.39. The fourth-order valence-electron chi connectivity index (χ4n) is 1.53. The zero-order valence-corrected chi connectivity index (χ0v) is 11.3. The molecule has 1 amide bonds. The van der Waals surface area contributed by atoms with Gasteiger partial charge in [0.25, 0.3) is 5.91 Å². The molecule has 2 aromatic rings. The van der Waals surface area contributed by atoms with Crippen LogP contribution >= 0.6 is 0 Å². The monoisotopic (exact) mass is 279 g/mol. The minimum absolute atomic E-state index is 0.215. The Balaban J connectivity index is 2.14. The van der Waals surface area contributed by atoms with E-state index in [1.165, 1.54) is 23.0 Å². The summed E-state index contributed by atoms with van der Waals surface area (Å²) in [4.78, 5) is 12.0. The van der Waals surface area contributed by atoms with Crippen LogP contribution in [0.2, 0.25) is 0 Å². The van der Waals surface area contributed by atoms with E-state index in [1.54, 1.807) is 25.4 Å². The van der Waals surface area contributed by atoms with E-state index in [-0.39, 0.29) is 10.8 Å². The van der Waals surface area contributed by atoms with Gasteiger partial charge in [-0.3, -0.25) is 9.48 Å². The summed E-state index contributed by atoms with van der Waals surface area (Å²) in [7, 11) is -1.50. The molecule has 7 heteroatoms. The first kappa shape index (κ1) is 13.3. The molecule has 0 radical (unpaired) electrons. The predicted molar refractivity (Wildman–Crippen MR) is 70.7 cm³/mol. The minimum atomic E-state index is -3.22. The lowest BCUT2D eigenvalue weighted by molar-refractivity contribution is 0.102. The molecule has 6 nitrogen and oxygen atoms in total. The van der Waals surface area contributed by atoms with Gasteiger partial charge in [-0.1, -0.05) is 0 Å². The summed E-state index contributed by atoms with van der Waals surface area (Å²) in [6.07, 6.45) is 4.19. The number of aromatic nitrogens is 2. The van der Waals surface area contributed by atoms with E-state index >= 15 is 0 Å². The predicted octanol–water partition coefficient (Wildman–Crippen LogP) is 1.08. The number of aryl methyl sites for hydroxylation is 1. The van der Waals surface area contributed by atoms with Crippen molar-refractivity contribution < 1.29 is 13.2 Å². The molecule has 2 rings (SSSR count). The zero-order valence-electron chi connectivity index (χ0n) is 10.5. The Labute approximate surface area is 111 Å². The van der Waals surface area contributed by atoms with E-state index in [9.17, 15) is 13.2 Å². The summed E-state index contributed by atoms with van der Waals surface area (Å²) < 4.78 is 24.1. The van der Waals surface area contributed by atoms with Crippen molar-refractivity contribution in [2.45, 2.75) is 4.90 Å². The van der Waals surface area contributed by atoms with Crippen LogP contribution in [0.3, 0.4) is 0 Å². The largest absolute Gasteiger partial charge is 0.322 e. The molecular formula is C12H13N3O3S. The fourth-order valence-corrected chi connectivity index (χ4v) is 2.16. The van der Waals surface area contributed by atoms with Crippen LogP contribution in [0.25, 0.3) is 0 Å². The first-order chi connectivity index (χ1) is 8.86. The topological polar surface area (TPSA) is 81.1 Å². The second-order valence-electron chi connectivity index (χ2n) is 4.15. The molecule has 0 aliphatic carbocycles. The normalized spacial score (nSPS) is 11.3. The van der Waals surface area contributed by atoms with Crippen LogP contribution in [0.15, 0.2) is 41.6 Å². The van der Waals surface area contributed by atoms with E-state index in [0.29, 0.717) is 11.3 Å². The maximum absolute atomic E-state index is 11.8. The second kappa shape index (κ2) is 4.85. The van der Waals surface area contributed by atoms with Crippen molar-refractivity contribution in [2.24, 2.45) is 7.05 Å². The van der Waals surface area contributed by atoms with Gasteiger partial charge in [0.05, 0.1) is 16.7 Å². The Morgan fingerprint density at radius 3 is 2.37 bits per heavy atom. The summed E-state index contributed by atoms with van der Waals surface area (Å²) in [6, 6.07) is 6.00. The third-order valence-corrected chi connectivity index (χ3v) is 3.64. The summed E-state index contributed by atoms with van der Waals surface area (Å²) in [6.45, 7) is 0. The number of amides is 1. The Bertz CT molecular complexity index is 702. The molecule has 0 atom stereocenters. The molecule has 19 heavy (non-hydrogen) atoms. The molecule has 0 aliphatic rings. The minimum Gasteiger partial charge on any atom is -0.322 e. The van der Waals surface area contributed by atoms with Crippen LogP contribution in [0.1, 0.15) is 10.4 Å². The number of carbonyl (C=O) groups is 1. The number of nitrogens with zero attached hydrogens (tertiary/aromatic N) is 2. The highest BCUT2D eigenvalue weighted by atomic mass is 32.2. The number of rotatable bonds is 3. The van der Waals surface area contributed by atoms with E-state index in [4.69, 9.17) is 0 Å². The van der Waals surface area contributed by atoms with Crippen LogP contribution < -0.4 is 5.32 Å². The molecule has 1 aromatic heterocycles. The zero-order chi connectivity index (χ0) is 14.0. The average Bonchev–Trinajstić information content (AvgIpc) is 2.75. The lowest BCUT2D eigenvalue weighted by atomic mass is 10.3.